The van der Waals surface area contributed by atoms with Crippen molar-refractivity contribution in [3.8, 4) is 5.69 Å². The fraction of sp³-hybridized carbons (Fsp3) is 0.0400. The zero-order valence-electron chi connectivity index (χ0n) is 18.4. The number of tetrazole rings is 1. The Morgan fingerprint density at radius 1 is 1.03 bits per heavy atom. The lowest BCUT2D eigenvalue weighted by atomic mass is 9.92. The Morgan fingerprint density at radius 2 is 1.75 bits per heavy atom. The van der Waals surface area contributed by atoms with E-state index in [0.717, 1.165) is 6.08 Å². The standard InChI is InChI=1S/C25H17ClFN5O4/c26-19-11-12-20(32-14-28-30-31-32)18(23(19)27)10-13-21(33)22(15-4-2-1-3-5-15)24(34)29-17-8-6-16(7-9-17)25(35)36/h1-14,22H,(H,29,34)(H,35,36)/b13-10+/t22-/m0/s1. The number of ketones is 1. The summed E-state index contributed by atoms with van der Waals surface area (Å²) in [6.07, 6.45) is 3.57. The van der Waals surface area contributed by atoms with Gasteiger partial charge in [-0.1, -0.05) is 41.9 Å². The molecule has 1 heterocycles. The molecule has 0 aliphatic rings. The number of nitrogens with one attached hydrogen (secondary N) is 1. The summed E-state index contributed by atoms with van der Waals surface area (Å²) in [5.41, 5.74) is 0.974. The van der Waals surface area contributed by atoms with Gasteiger partial charge in [0.1, 0.15) is 12.2 Å². The second-order valence-electron chi connectivity index (χ2n) is 7.50. The lowest BCUT2D eigenvalue weighted by Gasteiger charge is -2.15. The first-order valence-electron chi connectivity index (χ1n) is 10.5. The number of aromatic carboxylic acids is 1. The number of carboxylic acids is 1. The molecule has 4 rings (SSSR count). The van der Waals surface area contributed by atoms with Crippen LogP contribution in [0.2, 0.25) is 5.02 Å². The first-order chi connectivity index (χ1) is 17.3. The molecular formula is C25H17ClFN5O4. The third-order valence-electron chi connectivity index (χ3n) is 5.20. The quantitative estimate of drug-likeness (QED) is 0.272. The van der Waals surface area contributed by atoms with Crippen molar-refractivity contribution < 1.29 is 23.9 Å². The smallest absolute Gasteiger partial charge is 0.335 e. The van der Waals surface area contributed by atoms with Crippen molar-refractivity contribution in [1.29, 1.82) is 0 Å². The summed E-state index contributed by atoms with van der Waals surface area (Å²) in [4.78, 5) is 37.5. The van der Waals surface area contributed by atoms with Gasteiger partial charge in [0.05, 0.1) is 16.3 Å². The first-order valence-corrected chi connectivity index (χ1v) is 10.9. The molecule has 0 saturated heterocycles. The summed E-state index contributed by atoms with van der Waals surface area (Å²) in [7, 11) is 0. The molecule has 0 fully saturated rings. The van der Waals surface area contributed by atoms with E-state index in [-0.39, 0.29) is 21.8 Å². The highest BCUT2D eigenvalue weighted by Gasteiger charge is 2.27. The van der Waals surface area contributed by atoms with Crippen LogP contribution in [-0.4, -0.2) is 43.0 Å². The van der Waals surface area contributed by atoms with Crippen LogP contribution in [0.15, 0.2) is 79.1 Å². The highest BCUT2D eigenvalue weighted by molar-refractivity contribution is 6.31. The number of halogens is 2. The van der Waals surface area contributed by atoms with Crippen LogP contribution >= 0.6 is 11.6 Å². The number of nitrogens with zero attached hydrogens (tertiary/aromatic N) is 4. The monoisotopic (exact) mass is 505 g/mol. The lowest BCUT2D eigenvalue weighted by Crippen LogP contribution is -2.27. The summed E-state index contributed by atoms with van der Waals surface area (Å²) in [5, 5.41) is 22.3. The maximum atomic E-state index is 14.9. The van der Waals surface area contributed by atoms with Crippen LogP contribution in [0.3, 0.4) is 0 Å². The van der Waals surface area contributed by atoms with Gasteiger partial charge in [-0.25, -0.2) is 9.18 Å². The molecule has 0 aliphatic heterocycles. The third kappa shape index (κ3) is 5.34. The second-order valence-corrected chi connectivity index (χ2v) is 7.91. The van der Waals surface area contributed by atoms with Crippen molar-refractivity contribution >= 4 is 41.0 Å². The van der Waals surface area contributed by atoms with Gasteiger partial charge in [-0.3, -0.25) is 9.59 Å². The zero-order valence-corrected chi connectivity index (χ0v) is 19.1. The van der Waals surface area contributed by atoms with E-state index in [0.29, 0.717) is 11.3 Å². The molecule has 1 amide bonds. The molecule has 0 aliphatic carbocycles. The molecule has 3 aromatic carbocycles. The van der Waals surface area contributed by atoms with Gasteiger partial charge in [-0.05, 0) is 64.5 Å². The molecule has 11 heteroatoms. The number of benzene rings is 3. The van der Waals surface area contributed by atoms with Crippen LogP contribution in [0.4, 0.5) is 10.1 Å². The van der Waals surface area contributed by atoms with E-state index in [1.54, 1.807) is 30.3 Å². The third-order valence-corrected chi connectivity index (χ3v) is 5.49. The fourth-order valence-corrected chi connectivity index (χ4v) is 3.61. The van der Waals surface area contributed by atoms with Gasteiger partial charge in [0.2, 0.25) is 5.91 Å². The average molecular weight is 506 g/mol. The number of carbonyl (C=O) groups is 3. The maximum Gasteiger partial charge on any atom is 0.335 e. The molecule has 36 heavy (non-hydrogen) atoms. The van der Waals surface area contributed by atoms with Crippen molar-refractivity contribution in [2.45, 2.75) is 5.92 Å². The largest absolute Gasteiger partial charge is 0.478 e. The number of carbonyl (C=O) groups excluding carboxylic acids is 2. The van der Waals surface area contributed by atoms with Crippen molar-refractivity contribution in [3.05, 3.63) is 107 Å². The SMILES string of the molecule is O=C(O)c1ccc(NC(=O)[C@H](C(=O)/C=C/c2c(-n3cnnn3)ccc(Cl)c2F)c2ccccc2)cc1. The van der Waals surface area contributed by atoms with Gasteiger partial charge < -0.3 is 10.4 Å². The molecule has 180 valence electrons. The summed E-state index contributed by atoms with van der Waals surface area (Å²) in [5.74, 6) is -4.42. The van der Waals surface area contributed by atoms with Gasteiger partial charge in [0.25, 0.3) is 0 Å². The van der Waals surface area contributed by atoms with Gasteiger partial charge in [0, 0.05) is 11.3 Å². The van der Waals surface area contributed by atoms with Gasteiger partial charge in [-0.2, -0.15) is 4.68 Å². The minimum atomic E-state index is -1.26. The van der Waals surface area contributed by atoms with E-state index in [2.05, 4.69) is 20.8 Å². The number of anilines is 1. The Balaban J connectivity index is 1.65. The zero-order chi connectivity index (χ0) is 25.7. The topological polar surface area (TPSA) is 127 Å². The summed E-state index contributed by atoms with van der Waals surface area (Å²) >= 11 is 5.94. The number of rotatable bonds is 8. The molecular weight excluding hydrogens is 489 g/mol. The molecule has 1 aromatic heterocycles. The molecule has 2 N–H and O–H groups in total. The van der Waals surface area contributed by atoms with Crippen molar-refractivity contribution in [2.75, 3.05) is 5.32 Å². The van der Waals surface area contributed by atoms with Crippen molar-refractivity contribution in [2.24, 2.45) is 0 Å². The van der Waals surface area contributed by atoms with Crippen LogP contribution in [0, 0.1) is 5.82 Å². The summed E-state index contributed by atoms with van der Waals surface area (Å²) in [6.45, 7) is 0. The second kappa shape index (κ2) is 10.7. The molecule has 0 radical (unpaired) electrons. The molecule has 0 bridgehead atoms. The molecule has 4 aromatic rings. The van der Waals surface area contributed by atoms with E-state index in [9.17, 15) is 18.8 Å². The highest BCUT2D eigenvalue weighted by Crippen LogP contribution is 2.27. The summed E-state index contributed by atoms with van der Waals surface area (Å²) in [6, 6.07) is 16.7. The minimum absolute atomic E-state index is 0.0420. The molecule has 0 saturated carbocycles. The Hall–Kier alpha value is -4.70. The normalized spacial score (nSPS) is 11.8. The summed E-state index contributed by atoms with van der Waals surface area (Å²) < 4.78 is 16.1. The van der Waals surface area contributed by atoms with Crippen molar-refractivity contribution in [3.63, 3.8) is 0 Å². The molecule has 0 spiro atoms. The van der Waals surface area contributed by atoms with Crippen LogP contribution in [-0.2, 0) is 9.59 Å². The van der Waals surface area contributed by atoms with Gasteiger partial charge >= 0.3 is 5.97 Å². The molecule has 9 nitrogen and oxygen atoms in total. The highest BCUT2D eigenvalue weighted by atomic mass is 35.5. The van der Waals surface area contributed by atoms with Crippen LogP contribution in [0.1, 0.15) is 27.4 Å². The molecule has 1 atom stereocenters. The number of aromatic nitrogens is 4. The van der Waals surface area contributed by atoms with Crippen LogP contribution < -0.4 is 5.32 Å². The van der Waals surface area contributed by atoms with E-state index in [4.69, 9.17) is 16.7 Å². The maximum absolute atomic E-state index is 14.9. The van der Waals surface area contributed by atoms with Crippen LogP contribution in [0.5, 0.6) is 0 Å². The predicted octanol–water partition coefficient (Wildman–Crippen LogP) is 4.16. The number of carboxylic acid groups (broad SMARTS) is 1. The Kier molecular flexibility index (Phi) is 7.26. The van der Waals surface area contributed by atoms with Crippen molar-refractivity contribution in [1.82, 2.24) is 20.2 Å². The Labute approximate surface area is 208 Å². The number of allylic oxidation sites excluding steroid dienone is 1. The lowest BCUT2D eigenvalue weighted by molar-refractivity contribution is -0.125. The van der Waals surface area contributed by atoms with Crippen LogP contribution in [0.25, 0.3) is 11.8 Å². The number of amides is 1. The van der Waals surface area contributed by atoms with E-state index >= 15 is 0 Å². The average Bonchev–Trinajstić information content (AvgIpc) is 3.41. The van der Waals surface area contributed by atoms with E-state index in [1.807, 2.05) is 0 Å². The van der Waals surface area contributed by atoms with Gasteiger partial charge in [0.15, 0.2) is 11.6 Å². The molecule has 0 unspecified atom stereocenters. The van der Waals surface area contributed by atoms with E-state index < -0.39 is 29.4 Å². The number of hydrogen-bond donors (Lipinski definition) is 2. The first kappa shape index (κ1) is 24.4. The van der Waals surface area contributed by atoms with E-state index in [1.165, 1.54) is 53.5 Å². The fourth-order valence-electron chi connectivity index (χ4n) is 3.45. The van der Waals surface area contributed by atoms with Gasteiger partial charge in [-0.15, -0.1) is 5.10 Å². The number of hydrogen-bond acceptors (Lipinski definition) is 6. The minimum Gasteiger partial charge on any atom is -0.478 e. The Bertz CT molecular complexity index is 1440. The predicted molar refractivity (Wildman–Crippen MR) is 129 cm³/mol. The Morgan fingerprint density at radius 3 is 2.39 bits per heavy atom.